The Bertz CT molecular complexity index is 1160. The monoisotopic (exact) mass is 424 g/mol. The van der Waals surface area contributed by atoms with Crippen LogP contribution in [-0.4, -0.2) is 17.7 Å². The number of rotatable bonds is 5. The average Bonchev–Trinajstić information content (AvgIpc) is 3.48. The van der Waals surface area contributed by atoms with Crippen molar-refractivity contribution in [3.63, 3.8) is 0 Å². The highest BCUT2D eigenvalue weighted by atomic mass is 16.2. The fourth-order valence-electron chi connectivity index (χ4n) is 5.25. The minimum absolute atomic E-state index is 0.117. The molecule has 5 heteroatoms. The molecule has 2 aromatic rings. The summed E-state index contributed by atoms with van der Waals surface area (Å²) < 4.78 is 0. The van der Waals surface area contributed by atoms with Gasteiger partial charge in [-0.2, -0.15) is 0 Å². The molecule has 2 bridgehead atoms. The van der Waals surface area contributed by atoms with E-state index >= 15 is 0 Å². The van der Waals surface area contributed by atoms with Crippen molar-refractivity contribution in [2.24, 2.45) is 23.7 Å². The molecule has 0 radical (unpaired) electrons. The Hall–Kier alpha value is -3.73. The van der Waals surface area contributed by atoms with Gasteiger partial charge in [0.15, 0.2) is 0 Å². The highest BCUT2D eigenvalue weighted by molar-refractivity contribution is 6.23. The third kappa shape index (κ3) is 3.12. The highest BCUT2D eigenvalue weighted by Gasteiger charge is 2.59. The summed E-state index contributed by atoms with van der Waals surface area (Å²) in [6.45, 7) is 5.63. The van der Waals surface area contributed by atoms with Crippen molar-refractivity contribution in [3.8, 4) is 0 Å². The fraction of sp³-hybridized carbons (Fsp3) is 0.222. The van der Waals surface area contributed by atoms with Crippen LogP contribution in [0.5, 0.6) is 0 Å². The molecule has 1 aliphatic heterocycles. The van der Waals surface area contributed by atoms with Crippen molar-refractivity contribution in [1.82, 2.24) is 0 Å². The zero-order valence-corrected chi connectivity index (χ0v) is 17.8. The number of anilines is 2. The second-order valence-electron chi connectivity index (χ2n) is 8.63. The topological polar surface area (TPSA) is 66.5 Å². The molecule has 1 heterocycles. The maximum absolute atomic E-state index is 13.0. The number of hydrogen-bond acceptors (Lipinski definition) is 3. The summed E-state index contributed by atoms with van der Waals surface area (Å²) in [5.74, 6) is -0.587. The average molecular weight is 425 g/mol. The SMILES string of the molecule is C=C/C=C\c1cccc(NC(=O)c2ccc(N3C(=O)C4C5C=CC(C5)C4C3=O)cc2)c1C. The van der Waals surface area contributed by atoms with Crippen LogP contribution in [0.2, 0.25) is 0 Å². The summed E-state index contributed by atoms with van der Waals surface area (Å²) in [4.78, 5) is 40.1. The van der Waals surface area contributed by atoms with E-state index in [1.807, 2.05) is 37.3 Å². The highest BCUT2D eigenvalue weighted by Crippen LogP contribution is 2.53. The van der Waals surface area contributed by atoms with Gasteiger partial charge in [-0.15, -0.1) is 0 Å². The van der Waals surface area contributed by atoms with Gasteiger partial charge in [-0.25, -0.2) is 0 Å². The van der Waals surface area contributed by atoms with Crippen LogP contribution in [0.25, 0.3) is 6.08 Å². The lowest BCUT2D eigenvalue weighted by Gasteiger charge is -2.17. The van der Waals surface area contributed by atoms with E-state index in [1.54, 1.807) is 30.3 Å². The van der Waals surface area contributed by atoms with Crippen LogP contribution >= 0.6 is 0 Å². The molecule has 5 rings (SSSR count). The standard InChI is InChI=1S/C27H24N2O3/c1-3-4-6-17-7-5-8-22(16(17)2)28-25(30)18-11-13-21(14-12-18)29-26(31)23-19-9-10-20(15-19)24(23)27(29)32/h3-14,19-20,23-24H,1,15H2,2H3,(H,28,30)/b6-4-. The van der Waals surface area contributed by atoms with Gasteiger partial charge in [-0.05, 0) is 66.6 Å². The Morgan fingerprint density at radius 3 is 2.31 bits per heavy atom. The molecule has 1 saturated heterocycles. The van der Waals surface area contributed by atoms with Crippen molar-refractivity contribution in [2.45, 2.75) is 13.3 Å². The normalized spacial score (nSPS) is 25.6. The maximum Gasteiger partial charge on any atom is 0.255 e. The number of benzene rings is 2. The van der Waals surface area contributed by atoms with Crippen LogP contribution in [0.1, 0.15) is 27.9 Å². The first-order valence-corrected chi connectivity index (χ1v) is 10.9. The van der Waals surface area contributed by atoms with E-state index < -0.39 is 0 Å². The van der Waals surface area contributed by atoms with Gasteiger partial charge in [-0.1, -0.05) is 49.1 Å². The van der Waals surface area contributed by atoms with E-state index in [9.17, 15) is 14.4 Å². The van der Waals surface area contributed by atoms with E-state index in [0.717, 1.165) is 23.2 Å². The molecule has 4 unspecified atom stereocenters. The lowest BCUT2D eigenvalue weighted by molar-refractivity contribution is -0.123. The van der Waals surface area contributed by atoms with Crippen LogP contribution in [0, 0.1) is 30.6 Å². The maximum atomic E-state index is 13.0. The number of hydrogen-bond donors (Lipinski definition) is 1. The number of nitrogens with one attached hydrogen (secondary N) is 1. The second kappa shape index (κ2) is 7.75. The first-order chi connectivity index (χ1) is 15.5. The molecule has 2 fully saturated rings. The van der Waals surface area contributed by atoms with Crippen LogP contribution in [0.4, 0.5) is 11.4 Å². The number of allylic oxidation sites excluding steroid dienone is 4. The van der Waals surface area contributed by atoms with Crippen molar-refractivity contribution in [2.75, 3.05) is 10.2 Å². The van der Waals surface area contributed by atoms with E-state index in [-0.39, 0.29) is 41.4 Å². The Labute approximate surface area is 187 Å². The molecule has 3 amide bonds. The van der Waals surface area contributed by atoms with Gasteiger partial charge in [0.25, 0.3) is 5.91 Å². The predicted octanol–water partition coefficient (Wildman–Crippen LogP) is 4.76. The Morgan fingerprint density at radius 1 is 1.03 bits per heavy atom. The third-order valence-electron chi connectivity index (χ3n) is 6.89. The van der Waals surface area contributed by atoms with Crippen LogP contribution in [-0.2, 0) is 9.59 Å². The molecule has 1 N–H and O–H groups in total. The lowest BCUT2D eigenvalue weighted by atomic mass is 9.85. The van der Waals surface area contributed by atoms with Crippen molar-refractivity contribution >= 4 is 35.2 Å². The minimum atomic E-state index is -0.248. The van der Waals surface area contributed by atoms with E-state index in [2.05, 4.69) is 24.0 Å². The zero-order valence-electron chi connectivity index (χ0n) is 17.8. The van der Waals surface area contributed by atoms with E-state index in [0.29, 0.717) is 11.3 Å². The van der Waals surface area contributed by atoms with E-state index in [4.69, 9.17) is 0 Å². The number of amides is 3. The van der Waals surface area contributed by atoms with E-state index in [1.165, 1.54) is 4.90 Å². The summed E-state index contributed by atoms with van der Waals surface area (Å²) in [5, 5.41) is 2.95. The van der Waals surface area contributed by atoms with Gasteiger partial charge >= 0.3 is 0 Å². The second-order valence-corrected chi connectivity index (χ2v) is 8.63. The molecular formula is C27H24N2O3. The Kier molecular flexibility index (Phi) is 4.89. The van der Waals surface area contributed by atoms with Crippen molar-refractivity contribution in [1.29, 1.82) is 0 Å². The first kappa shape index (κ1) is 20.2. The molecule has 32 heavy (non-hydrogen) atoms. The Balaban J connectivity index is 1.33. The van der Waals surface area contributed by atoms with Crippen LogP contribution < -0.4 is 10.2 Å². The molecule has 0 spiro atoms. The summed E-state index contributed by atoms with van der Waals surface area (Å²) in [5.41, 5.74) is 3.67. The van der Waals surface area contributed by atoms with Gasteiger partial charge in [0.1, 0.15) is 0 Å². The largest absolute Gasteiger partial charge is 0.322 e. The first-order valence-electron chi connectivity index (χ1n) is 10.9. The molecule has 2 aromatic carbocycles. The predicted molar refractivity (Wildman–Crippen MR) is 125 cm³/mol. The molecule has 1 saturated carbocycles. The Morgan fingerprint density at radius 2 is 1.69 bits per heavy atom. The molecule has 2 aliphatic carbocycles. The van der Waals surface area contributed by atoms with Gasteiger partial charge < -0.3 is 5.32 Å². The smallest absolute Gasteiger partial charge is 0.255 e. The summed E-state index contributed by atoms with van der Waals surface area (Å²) >= 11 is 0. The molecule has 0 aromatic heterocycles. The molecule has 4 atom stereocenters. The number of fused-ring (bicyclic) bond motifs is 5. The summed E-state index contributed by atoms with van der Waals surface area (Å²) in [6, 6.07) is 12.4. The quantitative estimate of drug-likeness (QED) is 0.428. The molecular weight excluding hydrogens is 400 g/mol. The summed E-state index contributed by atoms with van der Waals surface area (Å²) in [6.07, 6.45) is 10.6. The van der Waals surface area contributed by atoms with Gasteiger partial charge in [0.2, 0.25) is 11.8 Å². The summed E-state index contributed by atoms with van der Waals surface area (Å²) in [7, 11) is 0. The molecule has 3 aliphatic rings. The van der Waals surface area contributed by atoms with Gasteiger partial charge in [0, 0.05) is 11.3 Å². The van der Waals surface area contributed by atoms with Gasteiger partial charge in [-0.3, -0.25) is 19.3 Å². The van der Waals surface area contributed by atoms with Crippen molar-refractivity contribution < 1.29 is 14.4 Å². The number of imide groups is 1. The number of nitrogens with zero attached hydrogens (tertiary/aromatic N) is 1. The number of carbonyl (C=O) groups excluding carboxylic acids is 3. The third-order valence-corrected chi connectivity index (χ3v) is 6.89. The zero-order chi connectivity index (χ0) is 22.4. The van der Waals surface area contributed by atoms with Crippen LogP contribution in [0.3, 0.4) is 0 Å². The van der Waals surface area contributed by atoms with Crippen molar-refractivity contribution in [3.05, 3.63) is 90.0 Å². The minimum Gasteiger partial charge on any atom is -0.322 e. The molecule has 5 nitrogen and oxygen atoms in total. The fourth-order valence-corrected chi connectivity index (χ4v) is 5.25. The van der Waals surface area contributed by atoms with Crippen LogP contribution in [0.15, 0.2) is 73.3 Å². The lowest BCUT2D eigenvalue weighted by Crippen LogP contribution is -2.32. The van der Waals surface area contributed by atoms with Gasteiger partial charge in [0.05, 0.1) is 17.5 Å². The number of carbonyl (C=O) groups is 3. The molecule has 160 valence electrons.